The Morgan fingerprint density at radius 3 is 3.14 bits per heavy atom. The lowest BCUT2D eigenvalue weighted by atomic mass is 9.99. The lowest BCUT2D eigenvalue weighted by molar-refractivity contribution is 0.683. The molecule has 0 radical (unpaired) electrons. The van der Waals surface area contributed by atoms with Gasteiger partial charge in [0, 0.05) is 29.9 Å². The van der Waals surface area contributed by atoms with E-state index >= 15 is 0 Å². The molecule has 0 aliphatic carbocycles. The molecule has 0 N–H and O–H groups in total. The fourth-order valence-electron chi connectivity index (χ4n) is 3.13. The van der Waals surface area contributed by atoms with Crippen molar-refractivity contribution in [2.45, 2.75) is 26.3 Å². The van der Waals surface area contributed by atoms with Crippen LogP contribution in [-0.4, -0.2) is 15.9 Å². The molecule has 1 aliphatic rings. The number of hydrogen-bond acceptors (Lipinski definition) is 4. The van der Waals surface area contributed by atoms with E-state index in [0.29, 0.717) is 6.54 Å². The van der Waals surface area contributed by atoms with E-state index in [1.807, 2.05) is 5.38 Å². The van der Waals surface area contributed by atoms with Gasteiger partial charge in [0.15, 0.2) is 4.96 Å². The molecule has 1 aromatic carbocycles. The number of thiazole rings is 1. The quantitative estimate of drug-likeness (QED) is 0.730. The minimum atomic E-state index is 0.00221. The third-order valence-electron chi connectivity index (χ3n) is 4.16. The zero-order chi connectivity index (χ0) is 15.1. The highest BCUT2D eigenvalue weighted by Crippen LogP contribution is 2.29. The second-order valence-corrected chi connectivity index (χ2v) is 6.67. The van der Waals surface area contributed by atoms with Crippen LogP contribution >= 0.6 is 11.3 Å². The van der Waals surface area contributed by atoms with Crippen LogP contribution in [0.1, 0.15) is 23.2 Å². The van der Waals surface area contributed by atoms with Crippen LogP contribution in [0.25, 0.3) is 4.96 Å². The number of fused-ring (bicyclic) bond motifs is 2. The smallest absolute Gasteiger partial charge is 0.258 e. The largest absolute Gasteiger partial charge is 0.365 e. The maximum Gasteiger partial charge on any atom is 0.258 e. The first-order valence-electron chi connectivity index (χ1n) is 7.51. The Labute approximate surface area is 132 Å². The third-order valence-corrected chi connectivity index (χ3v) is 4.92. The SMILES string of the molecule is Cc1ccc2c(c1)CCCN2Cc1cc(=O)n2ccsc2n1. The topological polar surface area (TPSA) is 37.6 Å². The Bertz CT molecular complexity index is 896. The molecular weight excluding hydrogens is 294 g/mol. The van der Waals surface area contributed by atoms with E-state index in [1.165, 1.54) is 28.2 Å². The summed E-state index contributed by atoms with van der Waals surface area (Å²) in [7, 11) is 0. The first kappa shape index (κ1) is 13.5. The zero-order valence-electron chi connectivity index (χ0n) is 12.5. The third kappa shape index (κ3) is 2.31. The predicted octanol–water partition coefficient (Wildman–Crippen LogP) is 3.02. The van der Waals surface area contributed by atoms with Crippen molar-refractivity contribution in [3.63, 3.8) is 0 Å². The molecule has 0 saturated heterocycles. The molecule has 3 aromatic rings. The maximum atomic E-state index is 12.1. The van der Waals surface area contributed by atoms with Crippen LogP contribution in [0.4, 0.5) is 5.69 Å². The first-order chi connectivity index (χ1) is 10.7. The van der Waals surface area contributed by atoms with E-state index in [1.54, 1.807) is 16.7 Å². The van der Waals surface area contributed by atoms with Gasteiger partial charge in [-0.05, 0) is 31.4 Å². The van der Waals surface area contributed by atoms with Gasteiger partial charge in [0.2, 0.25) is 0 Å². The van der Waals surface area contributed by atoms with Crippen LogP contribution in [-0.2, 0) is 13.0 Å². The summed E-state index contributed by atoms with van der Waals surface area (Å²) in [5, 5.41) is 1.90. The van der Waals surface area contributed by atoms with Crippen LogP contribution in [0.2, 0.25) is 0 Å². The van der Waals surface area contributed by atoms with Crippen LogP contribution in [0.3, 0.4) is 0 Å². The summed E-state index contributed by atoms with van der Waals surface area (Å²) in [5.41, 5.74) is 4.84. The van der Waals surface area contributed by atoms with Gasteiger partial charge in [-0.1, -0.05) is 17.7 Å². The molecule has 22 heavy (non-hydrogen) atoms. The van der Waals surface area contributed by atoms with Crippen molar-refractivity contribution in [3.05, 3.63) is 63.0 Å². The second-order valence-electron chi connectivity index (χ2n) is 5.80. The van der Waals surface area contributed by atoms with E-state index in [4.69, 9.17) is 0 Å². The number of hydrogen-bond donors (Lipinski definition) is 0. The molecule has 0 fully saturated rings. The maximum absolute atomic E-state index is 12.1. The van der Waals surface area contributed by atoms with Crippen molar-refractivity contribution < 1.29 is 0 Å². The van der Waals surface area contributed by atoms with Gasteiger partial charge in [-0.15, -0.1) is 11.3 Å². The molecule has 112 valence electrons. The van der Waals surface area contributed by atoms with Gasteiger partial charge < -0.3 is 4.90 Å². The van der Waals surface area contributed by atoms with Gasteiger partial charge in [0.25, 0.3) is 5.56 Å². The van der Waals surface area contributed by atoms with Crippen LogP contribution in [0.5, 0.6) is 0 Å². The summed E-state index contributed by atoms with van der Waals surface area (Å²) in [6, 6.07) is 8.27. The first-order valence-corrected chi connectivity index (χ1v) is 8.39. The number of rotatable bonds is 2. The summed E-state index contributed by atoms with van der Waals surface area (Å²) in [6.07, 6.45) is 4.06. The molecule has 4 nitrogen and oxygen atoms in total. The molecule has 0 spiro atoms. The molecule has 0 saturated carbocycles. The highest BCUT2D eigenvalue weighted by Gasteiger charge is 2.18. The van der Waals surface area contributed by atoms with Gasteiger partial charge in [0.1, 0.15) is 0 Å². The minimum absolute atomic E-state index is 0.00221. The highest BCUT2D eigenvalue weighted by atomic mass is 32.1. The van der Waals surface area contributed by atoms with Crippen molar-refractivity contribution in [2.75, 3.05) is 11.4 Å². The lowest BCUT2D eigenvalue weighted by Gasteiger charge is -2.31. The van der Waals surface area contributed by atoms with Gasteiger partial charge in [-0.25, -0.2) is 4.98 Å². The number of aryl methyl sites for hydroxylation is 2. The Morgan fingerprint density at radius 2 is 2.23 bits per heavy atom. The molecule has 3 heterocycles. The standard InChI is InChI=1S/C17H17N3OS/c1-12-4-5-15-13(9-12)3-2-6-19(15)11-14-10-16(21)20-7-8-22-17(20)18-14/h4-5,7-10H,2-3,6,11H2,1H3. The Kier molecular flexibility index (Phi) is 3.22. The average Bonchev–Trinajstić information content (AvgIpc) is 2.96. The van der Waals surface area contributed by atoms with Gasteiger partial charge in [-0.3, -0.25) is 9.20 Å². The van der Waals surface area contributed by atoms with Crippen molar-refractivity contribution in [1.82, 2.24) is 9.38 Å². The summed E-state index contributed by atoms with van der Waals surface area (Å²) < 4.78 is 1.60. The van der Waals surface area contributed by atoms with Gasteiger partial charge in [0.05, 0.1) is 12.2 Å². The monoisotopic (exact) mass is 311 g/mol. The molecule has 2 aromatic heterocycles. The van der Waals surface area contributed by atoms with Crippen LogP contribution in [0.15, 0.2) is 40.6 Å². The van der Waals surface area contributed by atoms with E-state index in [2.05, 4.69) is 35.0 Å². The Hall–Kier alpha value is -2.14. The minimum Gasteiger partial charge on any atom is -0.365 e. The van der Waals surface area contributed by atoms with Crippen molar-refractivity contribution >= 4 is 22.0 Å². The summed E-state index contributed by atoms with van der Waals surface area (Å²) >= 11 is 1.50. The molecule has 0 atom stereocenters. The number of anilines is 1. The average molecular weight is 311 g/mol. The molecule has 4 rings (SSSR count). The highest BCUT2D eigenvalue weighted by molar-refractivity contribution is 7.15. The molecule has 5 heteroatoms. The Balaban J connectivity index is 1.70. The van der Waals surface area contributed by atoms with Crippen molar-refractivity contribution in [2.24, 2.45) is 0 Å². The fourth-order valence-corrected chi connectivity index (χ4v) is 3.87. The van der Waals surface area contributed by atoms with Crippen molar-refractivity contribution in [3.8, 4) is 0 Å². The molecule has 0 bridgehead atoms. The zero-order valence-corrected chi connectivity index (χ0v) is 13.3. The lowest BCUT2D eigenvalue weighted by Crippen LogP contribution is -2.30. The van der Waals surface area contributed by atoms with E-state index in [0.717, 1.165) is 30.0 Å². The van der Waals surface area contributed by atoms with Crippen molar-refractivity contribution in [1.29, 1.82) is 0 Å². The summed E-state index contributed by atoms with van der Waals surface area (Å²) in [6.45, 7) is 3.84. The molecule has 1 aliphatic heterocycles. The number of nitrogens with zero attached hydrogens (tertiary/aromatic N) is 3. The van der Waals surface area contributed by atoms with Gasteiger partial charge >= 0.3 is 0 Å². The van der Waals surface area contributed by atoms with Crippen LogP contribution < -0.4 is 10.5 Å². The number of aromatic nitrogens is 2. The second kappa shape index (κ2) is 5.25. The van der Waals surface area contributed by atoms with Crippen LogP contribution in [0, 0.1) is 6.92 Å². The molecule has 0 unspecified atom stereocenters. The van der Waals surface area contributed by atoms with Gasteiger partial charge in [-0.2, -0.15) is 0 Å². The summed E-state index contributed by atoms with van der Waals surface area (Å²) in [4.78, 5) is 19.8. The summed E-state index contributed by atoms with van der Waals surface area (Å²) in [5.74, 6) is 0. The molecular formula is C17H17N3OS. The normalized spacial score (nSPS) is 14.3. The Morgan fingerprint density at radius 1 is 1.32 bits per heavy atom. The number of benzene rings is 1. The fraction of sp³-hybridized carbons (Fsp3) is 0.294. The van der Waals surface area contributed by atoms with E-state index in [-0.39, 0.29) is 5.56 Å². The van der Waals surface area contributed by atoms with E-state index < -0.39 is 0 Å². The molecule has 0 amide bonds. The predicted molar refractivity (Wildman–Crippen MR) is 89.9 cm³/mol. The van der Waals surface area contributed by atoms with E-state index in [9.17, 15) is 4.79 Å².